The number of aromatic nitrogens is 1. The van der Waals surface area contributed by atoms with Gasteiger partial charge in [0.1, 0.15) is 5.82 Å². The van der Waals surface area contributed by atoms with E-state index < -0.39 is 10.0 Å². The van der Waals surface area contributed by atoms with E-state index in [4.69, 9.17) is 11.6 Å². The summed E-state index contributed by atoms with van der Waals surface area (Å²) >= 11 is 5.83. The normalized spacial score (nSPS) is 14.9. The number of rotatable bonds is 5. The first kappa shape index (κ1) is 14.4. The number of hydrogen-bond donors (Lipinski definition) is 0. The lowest BCUT2D eigenvalue weighted by Gasteiger charge is -2.23. The van der Waals surface area contributed by atoms with Crippen LogP contribution in [0, 0.1) is 0 Å². The van der Waals surface area contributed by atoms with Crippen LogP contribution in [-0.4, -0.2) is 19.4 Å². The van der Waals surface area contributed by atoms with Crippen molar-refractivity contribution in [3.63, 3.8) is 0 Å². The quantitative estimate of drug-likeness (QED) is 0.849. The predicted molar refractivity (Wildman–Crippen MR) is 83.8 cm³/mol. The number of pyridine rings is 1. The van der Waals surface area contributed by atoms with Gasteiger partial charge in [-0.15, -0.1) is 0 Å². The van der Waals surface area contributed by atoms with E-state index in [1.807, 2.05) is 0 Å². The Morgan fingerprint density at radius 2 is 1.86 bits per heavy atom. The van der Waals surface area contributed by atoms with Crippen molar-refractivity contribution < 1.29 is 8.42 Å². The molecule has 0 aliphatic heterocycles. The number of anilines is 1. The lowest BCUT2D eigenvalue weighted by atomic mass is 10.2. The Hall–Kier alpha value is -1.59. The predicted octanol–water partition coefficient (Wildman–Crippen LogP) is 3.23. The second-order valence-electron chi connectivity index (χ2n) is 5.10. The summed E-state index contributed by atoms with van der Waals surface area (Å²) in [6.45, 7) is 0. The largest absolute Gasteiger partial charge is 0.250 e. The van der Waals surface area contributed by atoms with Crippen molar-refractivity contribution >= 4 is 27.4 Å². The summed E-state index contributed by atoms with van der Waals surface area (Å²) in [5, 5.41) is 0.597. The van der Waals surface area contributed by atoms with E-state index in [0.717, 1.165) is 18.4 Å². The van der Waals surface area contributed by atoms with Crippen LogP contribution >= 0.6 is 11.6 Å². The SMILES string of the molecule is O=S(=O)(Cc1ccc(Cl)cc1)N(c1ccccn1)C1CC1. The van der Waals surface area contributed by atoms with Crippen LogP contribution in [0.25, 0.3) is 0 Å². The number of hydrogen-bond acceptors (Lipinski definition) is 3. The van der Waals surface area contributed by atoms with Gasteiger partial charge in [-0.3, -0.25) is 4.31 Å². The lowest BCUT2D eigenvalue weighted by molar-refractivity contribution is 0.589. The van der Waals surface area contributed by atoms with Crippen LogP contribution in [0.3, 0.4) is 0 Å². The Morgan fingerprint density at radius 3 is 2.43 bits per heavy atom. The molecule has 1 saturated carbocycles. The second kappa shape index (κ2) is 5.66. The third-order valence-corrected chi connectivity index (χ3v) is 5.35. The van der Waals surface area contributed by atoms with E-state index in [1.165, 1.54) is 4.31 Å². The number of benzene rings is 1. The van der Waals surface area contributed by atoms with Gasteiger partial charge in [-0.05, 0) is 42.7 Å². The van der Waals surface area contributed by atoms with Crippen LogP contribution in [0.5, 0.6) is 0 Å². The third-order valence-electron chi connectivity index (χ3n) is 3.32. The Labute approximate surface area is 129 Å². The van der Waals surface area contributed by atoms with Crippen molar-refractivity contribution in [1.82, 2.24) is 4.98 Å². The van der Waals surface area contributed by atoms with Gasteiger partial charge in [0.05, 0.1) is 5.75 Å². The fourth-order valence-electron chi connectivity index (χ4n) is 2.21. The maximum absolute atomic E-state index is 12.7. The van der Waals surface area contributed by atoms with Crippen molar-refractivity contribution in [1.29, 1.82) is 0 Å². The summed E-state index contributed by atoms with van der Waals surface area (Å²) in [5.74, 6) is 0.450. The fourth-order valence-corrected chi connectivity index (χ4v) is 4.15. The summed E-state index contributed by atoms with van der Waals surface area (Å²) in [5.41, 5.74) is 0.723. The van der Waals surface area contributed by atoms with Crippen molar-refractivity contribution in [3.05, 3.63) is 59.2 Å². The lowest BCUT2D eigenvalue weighted by Crippen LogP contribution is -2.34. The molecule has 4 nitrogen and oxygen atoms in total. The Bertz CT molecular complexity index is 713. The summed E-state index contributed by atoms with van der Waals surface area (Å²) in [4.78, 5) is 4.19. The fraction of sp³-hybridized carbons (Fsp3) is 0.267. The minimum atomic E-state index is -3.45. The smallest absolute Gasteiger partial charge is 0.240 e. The van der Waals surface area contributed by atoms with Crippen LogP contribution < -0.4 is 4.31 Å². The summed E-state index contributed by atoms with van der Waals surface area (Å²) in [6, 6.07) is 12.2. The first-order valence-electron chi connectivity index (χ1n) is 6.74. The third kappa shape index (κ3) is 3.36. The highest BCUT2D eigenvalue weighted by Gasteiger charge is 2.38. The monoisotopic (exact) mass is 322 g/mol. The van der Waals surface area contributed by atoms with Gasteiger partial charge in [-0.1, -0.05) is 29.8 Å². The molecule has 1 aromatic heterocycles. The van der Waals surface area contributed by atoms with Crippen LogP contribution in [0.2, 0.25) is 5.02 Å². The van der Waals surface area contributed by atoms with Gasteiger partial charge >= 0.3 is 0 Å². The van der Waals surface area contributed by atoms with E-state index in [1.54, 1.807) is 48.7 Å². The number of halogens is 1. The van der Waals surface area contributed by atoms with Gasteiger partial charge in [-0.25, -0.2) is 13.4 Å². The van der Waals surface area contributed by atoms with Crippen molar-refractivity contribution in [2.45, 2.75) is 24.6 Å². The average molecular weight is 323 g/mol. The van der Waals surface area contributed by atoms with Crippen LogP contribution in [0.1, 0.15) is 18.4 Å². The first-order valence-corrected chi connectivity index (χ1v) is 8.72. The molecule has 0 radical (unpaired) electrons. The zero-order valence-corrected chi connectivity index (χ0v) is 12.9. The summed E-state index contributed by atoms with van der Waals surface area (Å²) < 4.78 is 26.9. The molecule has 1 aromatic carbocycles. The van der Waals surface area contributed by atoms with Gasteiger partial charge in [-0.2, -0.15) is 0 Å². The molecule has 0 N–H and O–H groups in total. The average Bonchev–Trinajstić information content (AvgIpc) is 3.27. The Kier molecular flexibility index (Phi) is 3.87. The molecule has 0 atom stereocenters. The highest BCUT2D eigenvalue weighted by Crippen LogP contribution is 2.34. The molecule has 110 valence electrons. The standard InChI is InChI=1S/C15H15ClN2O2S/c16-13-6-4-12(5-7-13)11-21(19,20)18(14-8-9-14)15-3-1-2-10-17-15/h1-7,10,14H,8-9,11H2. The molecule has 0 amide bonds. The van der Waals surface area contributed by atoms with Crippen LogP contribution in [0.15, 0.2) is 48.7 Å². The second-order valence-corrected chi connectivity index (χ2v) is 7.38. The molecule has 0 saturated heterocycles. The van der Waals surface area contributed by atoms with Gasteiger partial charge in [0.25, 0.3) is 0 Å². The molecule has 6 heteroatoms. The minimum absolute atomic E-state index is 0.0391. The maximum Gasteiger partial charge on any atom is 0.240 e. The molecule has 0 unspecified atom stereocenters. The first-order chi connectivity index (χ1) is 10.1. The highest BCUT2D eigenvalue weighted by molar-refractivity contribution is 7.92. The molecular formula is C15H15ClN2O2S. The van der Waals surface area contributed by atoms with Gasteiger partial charge < -0.3 is 0 Å². The number of sulfonamides is 1. The zero-order chi connectivity index (χ0) is 14.9. The van der Waals surface area contributed by atoms with E-state index in [2.05, 4.69) is 4.98 Å². The molecule has 3 rings (SSSR count). The summed E-state index contributed by atoms with van der Waals surface area (Å²) in [7, 11) is -3.45. The van der Waals surface area contributed by atoms with Crippen LogP contribution in [-0.2, 0) is 15.8 Å². The minimum Gasteiger partial charge on any atom is -0.250 e. The molecule has 1 aliphatic rings. The van der Waals surface area contributed by atoms with Gasteiger partial charge in [0, 0.05) is 17.3 Å². The van der Waals surface area contributed by atoms with E-state index >= 15 is 0 Å². The van der Waals surface area contributed by atoms with Crippen molar-refractivity contribution in [2.24, 2.45) is 0 Å². The van der Waals surface area contributed by atoms with Crippen molar-refractivity contribution in [3.8, 4) is 0 Å². The molecule has 0 spiro atoms. The van der Waals surface area contributed by atoms with E-state index in [9.17, 15) is 8.42 Å². The number of nitrogens with zero attached hydrogens (tertiary/aromatic N) is 2. The Balaban J connectivity index is 1.89. The molecule has 21 heavy (non-hydrogen) atoms. The summed E-state index contributed by atoms with van der Waals surface area (Å²) in [6.07, 6.45) is 3.38. The molecule has 1 aliphatic carbocycles. The van der Waals surface area contributed by atoms with Gasteiger partial charge in [0.2, 0.25) is 10.0 Å². The highest BCUT2D eigenvalue weighted by atomic mass is 35.5. The topological polar surface area (TPSA) is 50.3 Å². The molecule has 0 bridgehead atoms. The molecule has 2 aromatic rings. The van der Waals surface area contributed by atoms with E-state index in [-0.39, 0.29) is 11.8 Å². The van der Waals surface area contributed by atoms with Crippen molar-refractivity contribution in [2.75, 3.05) is 4.31 Å². The van der Waals surface area contributed by atoms with Gasteiger partial charge in [0.15, 0.2) is 0 Å². The molecule has 1 heterocycles. The maximum atomic E-state index is 12.7. The van der Waals surface area contributed by atoms with E-state index in [0.29, 0.717) is 10.8 Å². The van der Waals surface area contributed by atoms with Crippen LogP contribution in [0.4, 0.5) is 5.82 Å². The Morgan fingerprint density at radius 1 is 1.14 bits per heavy atom. The zero-order valence-electron chi connectivity index (χ0n) is 11.3. The molecule has 1 fully saturated rings. The molecular weight excluding hydrogens is 308 g/mol.